The number of thioether (sulfide) groups is 1. The highest BCUT2D eigenvalue weighted by molar-refractivity contribution is 8.00. The van der Waals surface area contributed by atoms with Gasteiger partial charge in [-0.3, -0.25) is 0 Å². The summed E-state index contributed by atoms with van der Waals surface area (Å²) in [4.78, 5) is 0. The second-order valence-electron chi connectivity index (χ2n) is 6.74. The van der Waals surface area contributed by atoms with Crippen molar-refractivity contribution in [3.63, 3.8) is 0 Å². The smallest absolute Gasteiger partial charge is 0.132 e. The summed E-state index contributed by atoms with van der Waals surface area (Å²) in [6, 6.07) is 0. The largest absolute Gasteiger partial charge is 0.394 e. The van der Waals surface area contributed by atoms with Crippen LogP contribution in [0.4, 0.5) is 0 Å². The Hall–Kier alpha value is 0.110. The molecule has 0 radical (unpaired) electrons. The molecule has 0 amide bonds. The van der Waals surface area contributed by atoms with Gasteiger partial charge in [-0.25, -0.2) is 0 Å². The van der Waals surface area contributed by atoms with Crippen molar-refractivity contribution in [2.45, 2.75) is 74.3 Å². The van der Waals surface area contributed by atoms with Gasteiger partial charge in [0.25, 0.3) is 0 Å². The Kier molecular flexibility index (Phi) is 5.57. The molecule has 2 aliphatic rings. The van der Waals surface area contributed by atoms with Gasteiger partial charge in [-0.05, 0) is 24.7 Å². The van der Waals surface area contributed by atoms with Crippen molar-refractivity contribution < 1.29 is 30.3 Å². The van der Waals surface area contributed by atoms with Crippen LogP contribution in [-0.2, 0) is 4.74 Å². The number of hydrogen-bond donors (Lipinski definition) is 5. The Balaban J connectivity index is 2.06. The van der Waals surface area contributed by atoms with Gasteiger partial charge in [0.2, 0.25) is 0 Å². The Morgan fingerprint density at radius 2 is 1.76 bits per heavy atom. The molecule has 1 aliphatic carbocycles. The van der Waals surface area contributed by atoms with E-state index in [1.54, 1.807) is 0 Å². The topological polar surface area (TPSA) is 110 Å². The number of aliphatic hydroxyl groups excluding tert-OH is 5. The Morgan fingerprint density at radius 3 is 2.38 bits per heavy atom. The molecular formula is C14H26O6S. The molecule has 2 fully saturated rings. The van der Waals surface area contributed by atoms with Crippen LogP contribution in [0, 0.1) is 5.41 Å². The number of rotatable bonds is 3. The summed E-state index contributed by atoms with van der Waals surface area (Å²) in [7, 11) is 0. The van der Waals surface area contributed by atoms with E-state index in [0.29, 0.717) is 6.42 Å². The van der Waals surface area contributed by atoms with Gasteiger partial charge >= 0.3 is 0 Å². The zero-order valence-electron chi connectivity index (χ0n) is 12.4. The highest BCUT2D eigenvalue weighted by Crippen LogP contribution is 2.46. The van der Waals surface area contributed by atoms with Crippen molar-refractivity contribution in [3.05, 3.63) is 0 Å². The number of aliphatic hydroxyl groups is 5. The maximum atomic E-state index is 10.1. The van der Waals surface area contributed by atoms with Gasteiger partial charge in [0.1, 0.15) is 29.9 Å². The first-order valence-corrected chi connectivity index (χ1v) is 8.34. The summed E-state index contributed by atoms with van der Waals surface area (Å²) in [5, 5.41) is 48.8. The summed E-state index contributed by atoms with van der Waals surface area (Å²) >= 11 is 1.37. The predicted octanol–water partition coefficient (Wildman–Crippen LogP) is -0.541. The average Bonchev–Trinajstić information content (AvgIpc) is 2.43. The maximum Gasteiger partial charge on any atom is 0.132 e. The van der Waals surface area contributed by atoms with Crippen molar-refractivity contribution >= 4 is 11.8 Å². The molecule has 0 bridgehead atoms. The van der Waals surface area contributed by atoms with E-state index in [0.717, 1.165) is 12.8 Å². The van der Waals surface area contributed by atoms with Crippen LogP contribution < -0.4 is 0 Å². The molecule has 1 saturated heterocycles. The van der Waals surface area contributed by atoms with Crippen molar-refractivity contribution in [1.82, 2.24) is 0 Å². The molecular weight excluding hydrogens is 296 g/mol. The first kappa shape index (κ1) is 17.5. The van der Waals surface area contributed by atoms with Crippen molar-refractivity contribution in [3.8, 4) is 0 Å². The van der Waals surface area contributed by atoms with Gasteiger partial charge < -0.3 is 30.3 Å². The van der Waals surface area contributed by atoms with E-state index >= 15 is 0 Å². The molecule has 2 unspecified atom stereocenters. The molecule has 2 rings (SSSR count). The lowest BCUT2D eigenvalue weighted by atomic mass is 9.76. The van der Waals surface area contributed by atoms with Crippen LogP contribution >= 0.6 is 11.8 Å². The minimum absolute atomic E-state index is 0.0112. The van der Waals surface area contributed by atoms with Gasteiger partial charge in [-0.2, -0.15) is 0 Å². The molecule has 0 aromatic heterocycles. The lowest BCUT2D eigenvalue weighted by Gasteiger charge is -2.45. The molecule has 1 aliphatic heterocycles. The summed E-state index contributed by atoms with van der Waals surface area (Å²) in [5.74, 6) is 0. The molecule has 21 heavy (non-hydrogen) atoms. The van der Waals surface area contributed by atoms with Crippen molar-refractivity contribution in [2.24, 2.45) is 5.41 Å². The molecule has 6 nitrogen and oxygen atoms in total. The Bertz CT molecular complexity index is 350. The highest BCUT2D eigenvalue weighted by atomic mass is 32.2. The van der Waals surface area contributed by atoms with E-state index in [4.69, 9.17) is 4.74 Å². The van der Waals surface area contributed by atoms with Gasteiger partial charge in [0, 0.05) is 5.25 Å². The van der Waals surface area contributed by atoms with E-state index in [9.17, 15) is 25.5 Å². The van der Waals surface area contributed by atoms with Crippen LogP contribution in [0.2, 0.25) is 0 Å². The third kappa shape index (κ3) is 3.72. The molecule has 1 heterocycles. The molecule has 0 spiro atoms. The third-order valence-corrected chi connectivity index (χ3v) is 6.44. The molecule has 7 atom stereocenters. The molecule has 0 aromatic carbocycles. The van der Waals surface area contributed by atoms with Crippen LogP contribution in [0.5, 0.6) is 0 Å². The second-order valence-corrected chi connectivity index (χ2v) is 8.04. The zero-order chi connectivity index (χ0) is 15.8. The number of ether oxygens (including phenoxy) is 1. The maximum absolute atomic E-state index is 10.1. The average molecular weight is 322 g/mol. The van der Waals surface area contributed by atoms with Crippen LogP contribution in [0.15, 0.2) is 0 Å². The summed E-state index contributed by atoms with van der Waals surface area (Å²) in [6.45, 7) is 3.81. The van der Waals surface area contributed by atoms with Crippen LogP contribution in [0.3, 0.4) is 0 Å². The van der Waals surface area contributed by atoms with Crippen LogP contribution in [0.1, 0.15) is 33.1 Å². The van der Waals surface area contributed by atoms with Crippen molar-refractivity contribution in [2.75, 3.05) is 6.61 Å². The van der Waals surface area contributed by atoms with E-state index in [1.165, 1.54) is 11.8 Å². The fraction of sp³-hybridized carbons (Fsp3) is 1.00. The fourth-order valence-electron chi connectivity index (χ4n) is 2.97. The lowest BCUT2D eigenvalue weighted by Crippen LogP contribution is -2.58. The van der Waals surface area contributed by atoms with E-state index in [-0.39, 0.29) is 16.8 Å². The van der Waals surface area contributed by atoms with Crippen LogP contribution in [-0.4, -0.2) is 73.3 Å². The molecule has 7 heteroatoms. The van der Waals surface area contributed by atoms with Crippen molar-refractivity contribution in [1.29, 1.82) is 0 Å². The van der Waals surface area contributed by atoms with E-state index < -0.39 is 36.5 Å². The summed E-state index contributed by atoms with van der Waals surface area (Å²) < 4.78 is 5.53. The Labute approximate surface area is 129 Å². The predicted molar refractivity (Wildman–Crippen MR) is 78.8 cm³/mol. The highest BCUT2D eigenvalue weighted by Gasteiger charge is 2.46. The SMILES string of the molecule is CC1(C)CCC(O)CC1S[C@@H]1O[C@H](CO)[C@H](O)[C@H](O)[C@H]1O. The van der Waals surface area contributed by atoms with Gasteiger partial charge in [0.15, 0.2) is 0 Å². The lowest BCUT2D eigenvalue weighted by molar-refractivity contribution is -0.205. The minimum Gasteiger partial charge on any atom is -0.394 e. The minimum atomic E-state index is -1.34. The third-order valence-electron chi connectivity index (χ3n) is 4.63. The Morgan fingerprint density at radius 1 is 1.10 bits per heavy atom. The van der Waals surface area contributed by atoms with Gasteiger partial charge in [-0.15, -0.1) is 11.8 Å². The van der Waals surface area contributed by atoms with E-state index in [1.807, 2.05) is 0 Å². The second kappa shape index (κ2) is 6.70. The standard InChI is InChI=1S/C14H26O6S/c1-14(2)4-3-7(16)5-9(14)21-13-12(19)11(18)10(17)8(6-15)20-13/h7-13,15-19H,3-6H2,1-2H3/t7?,8-,9?,10+,11+,12-,13+/m1/s1. The van der Waals surface area contributed by atoms with E-state index in [2.05, 4.69) is 13.8 Å². The zero-order valence-corrected chi connectivity index (χ0v) is 13.2. The molecule has 1 saturated carbocycles. The first-order chi connectivity index (χ1) is 9.76. The normalized spacial score (nSPS) is 47.3. The van der Waals surface area contributed by atoms with Crippen LogP contribution in [0.25, 0.3) is 0 Å². The molecule has 5 N–H and O–H groups in total. The monoisotopic (exact) mass is 322 g/mol. The quantitative estimate of drug-likeness (QED) is 0.474. The van der Waals surface area contributed by atoms with Gasteiger partial charge in [-0.1, -0.05) is 13.8 Å². The fourth-order valence-corrected chi connectivity index (χ4v) is 4.64. The van der Waals surface area contributed by atoms with Gasteiger partial charge in [0.05, 0.1) is 12.7 Å². The first-order valence-electron chi connectivity index (χ1n) is 7.40. The molecule has 0 aromatic rings. The molecule has 124 valence electrons. The summed E-state index contributed by atoms with van der Waals surface area (Å²) in [6.07, 6.45) is -2.88. The number of hydrogen-bond acceptors (Lipinski definition) is 7. The summed E-state index contributed by atoms with van der Waals surface area (Å²) in [5.41, 5.74) is -0.738.